The van der Waals surface area contributed by atoms with Crippen LogP contribution in [0.3, 0.4) is 0 Å². The summed E-state index contributed by atoms with van der Waals surface area (Å²) in [6, 6.07) is 5.04. The molecule has 2 N–H and O–H groups in total. The first kappa shape index (κ1) is 17.2. The Labute approximate surface area is 157 Å². The fraction of sp³-hybridized carbons (Fsp3) is 0.579. The van der Waals surface area contributed by atoms with Crippen molar-refractivity contribution in [2.45, 2.75) is 44.9 Å². The van der Waals surface area contributed by atoms with Gasteiger partial charge in [0.2, 0.25) is 11.8 Å². The smallest absolute Gasteiger partial charge is 0.244 e. The first-order chi connectivity index (χ1) is 11.9. The van der Waals surface area contributed by atoms with Gasteiger partial charge in [0.25, 0.3) is 0 Å². The lowest BCUT2D eigenvalue weighted by Gasteiger charge is -2.55. The van der Waals surface area contributed by atoms with Crippen LogP contribution in [0.5, 0.6) is 0 Å². The summed E-state index contributed by atoms with van der Waals surface area (Å²) in [6.45, 7) is 0. The molecule has 4 aliphatic rings. The molecule has 4 fully saturated rings. The molecule has 0 aromatic heterocycles. The summed E-state index contributed by atoms with van der Waals surface area (Å²) in [5, 5.41) is 0.985. The van der Waals surface area contributed by atoms with E-state index in [1.165, 1.54) is 19.3 Å². The molecule has 4 saturated carbocycles. The summed E-state index contributed by atoms with van der Waals surface area (Å²) in [7, 11) is 0. The van der Waals surface area contributed by atoms with Gasteiger partial charge in [0.05, 0.1) is 11.8 Å². The van der Waals surface area contributed by atoms with Gasteiger partial charge in [-0.1, -0.05) is 29.3 Å². The summed E-state index contributed by atoms with van der Waals surface area (Å²) in [4.78, 5) is 25.0. The lowest BCUT2D eigenvalue weighted by atomic mass is 9.49. The maximum atomic E-state index is 12.8. The van der Waals surface area contributed by atoms with Crippen LogP contribution in [0, 0.1) is 23.2 Å². The molecular formula is C19H22Cl2N2O2. The van der Waals surface area contributed by atoms with Crippen LogP contribution in [0.2, 0.25) is 10.0 Å². The minimum atomic E-state index is -0.276. The summed E-state index contributed by atoms with van der Waals surface area (Å²) in [5.41, 5.74) is 5.67. The molecule has 4 nitrogen and oxygen atoms in total. The minimum Gasteiger partial charge on any atom is -0.273 e. The summed E-state index contributed by atoms with van der Waals surface area (Å²) >= 11 is 12.0. The second kappa shape index (κ2) is 6.48. The van der Waals surface area contributed by atoms with Crippen molar-refractivity contribution in [3.63, 3.8) is 0 Å². The third-order valence-corrected chi connectivity index (χ3v) is 6.79. The lowest BCUT2D eigenvalue weighted by Crippen LogP contribution is -2.56. The summed E-state index contributed by atoms with van der Waals surface area (Å²) in [5.74, 6) is 1.80. The zero-order chi connectivity index (χ0) is 17.6. The third-order valence-electron chi connectivity index (χ3n) is 6.20. The Balaban J connectivity index is 1.35. The van der Waals surface area contributed by atoms with E-state index in [-0.39, 0.29) is 23.7 Å². The van der Waals surface area contributed by atoms with Crippen LogP contribution in [-0.2, 0) is 16.0 Å². The van der Waals surface area contributed by atoms with Gasteiger partial charge in [0.15, 0.2) is 0 Å². The molecule has 0 unspecified atom stereocenters. The highest BCUT2D eigenvalue weighted by molar-refractivity contribution is 6.35. The number of carbonyl (C=O) groups excluding carboxylic acids is 2. The van der Waals surface area contributed by atoms with Crippen molar-refractivity contribution in [2.75, 3.05) is 0 Å². The molecule has 2 amide bonds. The van der Waals surface area contributed by atoms with Crippen molar-refractivity contribution in [1.82, 2.24) is 10.9 Å². The van der Waals surface area contributed by atoms with Gasteiger partial charge in [0, 0.05) is 10.0 Å². The van der Waals surface area contributed by atoms with E-state index in [2.05, 4.69) is 10.9 Å². The lowest BCUT2D eigenvalue weighted by molar-refractivity contribution is -0.148. The Morgan fingerprint density at radius 1 is 1.00 bits per heavy atom. The van der Waals surface area contributed by atoms with E-state index in [0.29, 0.717) is 33.4 Å². The maximum Gasteiger partial charge on any atom is 0.244 e. The molecule has 1 aromatic rings. The normalized spacial score (nSPS) is 32.5. The van der Waals surface area contributed by atoms with Crippen molar-refractivity contribution >= 4 is 35.0 Å². The Morgan fingerprint density at radius 2 is 1.60 bits per heavy atom. The molecule has 0 atom stereocenters. The Hall–Kier alpha value is -1.26. The number of hydrogen-bond acceptors (Lipinski definition) is 2. The van der Waals surface area contributed by atoms with Gasteiger partial charge in [-0.3, -0.25) is 20.4 Å². The summed E-state index contributed by atoms with van der Waals surface area (Å²) < 4.78 is 0. The second-order valence-corrected chi connectivity index (χ2v) is 8.96. The highest BCUT2D eigenvalue weighted by Gasteiger charge is 2.54. The van der Waals surface area contributed by atoms with Gasteiger partial charge in [0.1, 0.15) is 0 Å². The van der Waals surface area contributed by atoms with E-state index in [1.54, 1.807) is 18.2 Å². The molecule has 6 heteroatoms. The average molecular weight is 381 g/mol. The van der Waals surface area contributed by atoms with E-state index in [1.807, 2.05) is 0 Å². The number of benzene rings is 1. The monoisotopic (exact) mass is 380 g/mol. The van der Waals surface area contributed by atoms with Crippen LogP contribution in [-0.4, -0.2) is 11.8 Å². The number of halogens is 2. The predicted molar refractivity (Wildman–Crippen MR) is 97.1 cm³/mol. The van der Waals surface area contributed by atoms with Crippen LogP contribution in [0.25, 0.3) is 0 Å². The third kappa shape index (κ3) is 3.39. The van der Waals surface area contributed by atoms with Crippen molar-refractivity contribution in [3.05, 3.63) is 33.8 Å². The van der Waals surface area contributed by atoms with Gasteiger partial charge in [-0.05, 0) is 74.0 Å². The van der Waals surface area contributed by atoms with E-state index >= 15 is 0 Å². The molecule has 0 saturated heterocycles. The predicted octanol–water partition coefficient (Wildman–Crippen LogP) is 3.90. The number of rotatable bonds is 3. The largest absolute Gasteiger partial charge is 0.273 e. The number of carbonyl (C=O) groups is 2. The van der Waals surface area contributed by atoms with Crippen molar-refractivity contribution < 1.29 is 9.59 Å². The van der Waals surface area contributed by atoms with Crippen LogP contribution in [0.1, 0.15) is 44.1 Å². The van der Waals surface area contributed by atoms with E-state index in [9.17, 15) is 9.59 Å². The molecular weight excluding hydrogens is 359 g/mol. The van der Waals surface area contributed by atoms with Crippen molar-refractivity contribution in [3.8, 4) is 0 Å². The molecule has 5 rings (SSSR count). The Kier molecular flexibility index (Phi) is 4.45. The molecule has 4 bridgehead atoms. The van der Waals surface area contributed by atoms with Gasteiger partial charge in [-0.25, -0.2) is 0 Å². The molecule has 0 radical (unpaired) electrons. The Bertz CT molecular complexity index is 684. The van der Waals surface area contributed by atoms with Crippen molar-refractivity contribution in [2.24, 2.45) is 23.2 Å². The number of nitrogens with one attached hydrogen (secondary N) is 2. The van der Waals surface area contributed by atoms with Crippen LogP contribution in [0.4, 0.5) is 0 Å². The topological polar surface area (TPSA) is 58.2 Å². The van der Waals surface area contributed by atoms with E-state index < -0.39 is 0 Å². The molecule has 0 aliphatic heterocycles. The zero-order valence-electron chi connectivity index (χ0n) is 14.0. The van der Waals surface area contributed by atoms with Crippen LogP contribution < -0.4 is 10.9 Å². The zero-order valence-corrected chi connectivity index (χ0v) is 15.5. The van der Waals surface area contributed by atoms with E-state index in [0.717, 1.165) is 19.3 Å². The number of hydrogen-bond donors (Lipinski definition) is 2. The first-order valence-corrected chi connectivity index (χ1v) is 9.72. The number of amides is 2. The molecule has 4 aliphatic carbocycles. The fourth-order valence-corrected chi connectivity index (χ4v) is 6.01. The van der Waals surface area contributed by atoms with Gasteiger partial charge in [-0.15, -0.1) is 0 Å². The molecule has 25 heavy (non-hydrogen) atoms. The maximum absolute atomic E-state index is 12.8. The highest BCUT2D eigenvalue weighted by atomic mass is 35.5. The van der Waals surface area contributed by atoms with E-state index in [4.69, 9.17) is 23.2 Å². The number of hydrazine groups is 1. The van der Waals surface area contributed by atoms with Gasteiger partial charge < -0.3 is 0 Å². The molecule has 0 spiro atoms. The van der Waals surface area contributed by atoms with Crippen molar-refractivity contribution in [1.29, 1.82) is 0 Å². The standard InChI is InChI=1S/C19H22Cl2N2O2/c20-15-2-1-14(16(21)7-15)6-17(24)22-23-18(25)19-8-11-3-12(9-19)5-13(4-11)10-19/h1-2,7,11-13H,3-6,8-10H2,(H,22,24)(H,23,25). The Morgan fingerprint density at radius 3 is 2.16 bits per heavy atom. The van der Waals surface area contributed by atoms with Gasteiger partial charge >= 0.3 is 0 Å². The highest BCUT2D eigenvalue weighted by Crippen LogP contribution is 2.60. The van der Waals surface area contributed by atoms with Crippen LogP contribution >= 0.6 is 23.2 Å². The second-order valence-electron chi connectivity index (χ2n) is 8.11. The SMILES string of the molecule is O=C(Cc1ccc(Cl)cc1Cl)NNC(=O)C12CC3CC(CC(C3)C1)C2. The average Bonchev–Trinajstić information content (AvgIpc) is 2.54. The first-order valence-electron chi connectivity index (χ1n) is 8.97. The summed E-state index contributed by atoms with van der Waals surface area (Å²) in [6.07, 6.45) is 6.89. The fourth-order valence-electron chi connectivity index (χ4n) is 5.53. The quantitative estimate of drug-likeness (QED) is 0.781. The molecule has 1 aromatic carbocycles. The molecule has 0 heterocycles. The minimum absolute atomic E-state index is 0.0119. The van der Waals surface area contributed by atoms with Gasteiger partial charge in [-0.2, -0.15) is 0 Å². The van der Waals surface area contributed by atoms with Crippen LogP contribution in [0.15, 0.2) is 18.2 Å². The molecule has 134 valence electrons.